The van der Waals surface area contributed by atoms with Gasteiger partial charge in [0, 0.05) is 17.8 Å². The number of nitrogens with one attached hydrogen (secondary N) is 1. The number of alkyl halides is 3. The van der Waals surface area contributed by atoms with E-state index in [1.165, 1.54) is 18.2 Å². The van der Waals surface area contributed by atoms with Crippen LogP contribution in [0.4, 0.5) is 23.2 Å². The first-order valence-corrected chi connectivity index (χ1v) is 8.63. The molecule has 6 heteroatoms. The monoisotopic (exact) mass is 386 g/mol. The van der Waals surface area contributed by atoms with Gasteiger partial charge in [-0.2, -0.15) is 13.2 Å². The Morgan fingerprint density at radius 3 is 2.57 bits per heavy atom. The van der Waals surface area contributed by atoms with Crippen LogP contribution in [0.2, 0.25) is 0 Å². The Hall–Kier alpha value is -3.15. The second kappa shape index (κ2) is 8.25. The van der Waals surface area contributed by atoms with E-state index in [-0.39, 0.29) is 12.2 Å². The Bertz CT molecular complexity index is 951. The molecule has 0 aromatic heterocycles. The molecule has 0 saturated carbocycles. The third kappa shape index (κ3) is 5.19. The molecule has 0 radical (unpaired) electrons. The molecule has 0 atom stereocenters. The van der Waals surface area contributed by atoms with E-state index in [1.54, 1.807) is 24.3 Å². The Balaban J connectivity index is 1.76. The molecule has 1 heterocycles. The average molecular weight is 386 g/mol. The molecule has 2 aromatic rings. The molecule has 1 N–H and O–H groups in total. The number of halogens is 4. The minimum Gasteiger partial charge on any atom is -0.354 e. The van der Waals surface area contributed by atoms with Crippen LogP contribution in [-0.2, 0) is 12.6 Å². The number of hydrogen-bond acceptors (Lipinski definition) is 2. The van der Waals surface area contributed by atoms with Gasteiger partial charge in [0.15, 0.2) is 0 Å². The first kappa shape index (κ1) is 19.6. The van der Waals surface area contributed by atoms with Gasteiger partial charge in [-0.3, -0.25) is 4.99 Å². The van der Waals surface area contributed by atoms with Crippen LogP contribution in [-0.4, -0.2) is 5.71 Å². The van der Waals surface area contributed by atoms with Crippen molar-refractivity contribution >= 4 is 11.4 Å². The van der Waals surface area contributed by atoms with Crippen LogP contribution >= 0.6 is 0 Å². The van der Waals surface area contributed by atoms with Crippen LogP contribution in [0.15, 0.2) is 89.7 Å². The summed E-state index contributed by atoms with van der Waals surface area (Å²) in [6.45, 7) is 3.96. The van der Waals surface area contributed by atoms with Crippen LogP contribution in [0, 0.1) is 5.82 Å². The zero-order valence-electron chi connectivity index (χ0n) is 14.9. The molecule has 28 heavy (non-hydrogen) atoms. The van der Waals surface area contributed by atoms with E-state index in [0.29, 0.717) is 34.8 Å². The van der Waals surface area contributed by atoms with Gasteiger partial charge >= 0.3 is 6.18 Å². The fourth-order valence-electron chi connectivity index (χ4n) is 2.74. The fraction of sp³-hybridized carbons (Fsp3) is 0.136. The van der Waals surface area contributed by atoms with Crippen molar-refractivity contribution in [1.29, 1.82) is 0 Å². The highest BCUT2D eigenvalue weighted by Crippen LogP contribution is 2.30. The lowest BCUT2D eigenvalue weighted by molar-refractivity contribution is -0.137. The smallest absolute Gasteiger partial charge is 0.354 e. The van der Waals surface area contributed by atoms with Crippen molar-refractivity contribution in [2.75, 3.05) is 5.32 Å². The molecule has 144 valence electrons. The van der Waals surface area contributed by atoms with E-state index in [4.69, 9.17) is 0 Å². The van der Waals surface area contributed by atoms with Crippen molar-refractivity contribution in [3.63, 3.8) is 0 Å². The van der Waals surface area contributed by atoms with Crippen LogP contribution in [0.25, 0.3) is 0 Å². The summed E-state index contributed by atoms with van der Waals surface area (Å²) in [5.41, 5.74) is 2.25. The van der Waals surface area contributed by atoms with Crippen molar-refractivity contribution in [3.05, 3.63) is 102 Å². The number of hydrogen-bond donors (Lipinski definition) is 1. The molecule has 3 rings (SSSR count). The van der Waals surface area contributed by atoms with Crippen LogP contribution in [0.1, 0.15) is 17.5 Å². The standard InChI is InChI=1S/C22H18F4N2/c1-15(27-19-11-9-18(23)10-12-19)21-8-3-2-7-20(28-21)14-16-5-4-6-17(13-16)22(24,25)26/h3-13,27H,1-2,14H2. The third-order valence-corrected chi connectivity index (χ3v) is 4.12. The van der Waals surface area contributed by atoms with Crippen molar-refractivity contribution in [1.82, 2.24) is 0 Å². The lowest BCUT2D eigenvalue weighted by Gasteiger charge is -2.11. The number of aliphatic imine (C=N–C) groups is 1. The quantitative estimate of drug-likeness (QED) is 0.600. The highest BCUT2D eigenvalue weighted by molar-refractivity contribution is 6.10. The van der Waals surface area contributed by atoms with Gasteiger partial charge in [-0.1, -0.05) is 36.9 Å². The molecule has 0 spiro atoms. The van der Waals surface area contributed by atoms with Crippen LogP contribution < -0.4 is 5.32 Å². The van der Waals surface area contributed by atoms with E-state index in [2.05, 4.69) is 16.9 Å². The summed E-state index contributed by atoms with van der Waals surface area (Å²) < 4.78 is 51.8. The number of nitrogens with zero attached hydrogens (tertiary/aromatic N) is 1. The predicted octanol–water partition coefficient (Wildman–Crippen LogP) is 6.30. The predicted molar refractivity (Wildman–Crippen MR) is 104 cm³/mol. The lowest BCUT2D eigenvalue weighted by Crippen LogP contribution is -2.09. The number of benzene rings is 2. The van der Waals surface area contributed by atoms with Crippen molar-refractivity contribution in [2.45, 2.75) is 19.0 Å². The molecular weight excluding hydrogens is 368 g/mol. The van der Waals surface area contributed by atoms with Gasteiger partial charge in [0.1, 0.15) is 5.82 Å². The summed E-state index contributed by atoms with van der Waals surface area (Å²) in [7, 11) is 0. The van der Waals surface area contributed by atoms with Crippen LogP contribution in [0.3, 0.4) is 0 Å². The lowest BCUT2D eigenvalue weighted by atomic mass is 10.1. The largest absolute Gasteiger partial charge is 0.416 e. The molecule has 1 aliphatic heterocycles. The third-order valence-electron chi connectivity index (χ3n) is 4.12. The number of allylic oxidation sites excluding steroid dienone is 4. The minimum atomic E-state index is -4.38. The first-order chi connectivity index (χ1) is 13.3. The molecule has 0 aliphatic carbocycles. The van der Waals surface area contributed by atoms with E-state index >= 15 is 0 Å². The van der Waals surface area contributed by atoms with Gasteiger partial charge < -0.3 is 5.32 Å². The molecule has 0 amide bonds. The summed E-state index contributed by atoms with van der Waals surface area (Å²) in [5, 5.41) is 3.06. The van der Waals surface area contributed by atoms with Crippen molar-refractivity contribution in [3.8, 4) is 0 Å². The summed E-state index contributed by atoms with van der Waals surface area (Å²) in [6.07, 6.45) is 2.08. The highest BCUT2D eigenvalue weighted by Gasteiger charge is 2.30. The zero-order valence-corrected chi connectivity index (χ0v) is 14.9. The Kier molecular flexibility index (Phi) is 5.78. The summed E-state index contributed by atoms with van der Waals surface area (Å²) in [6, 6.07) is 11.1. The molecule has 0 fully saturated rings. The fourth-order valence-corrected chi connectivity index (χ4v) is 2.74. The summed E-state index contributed by atoms with van der Waals surface area (Å²) in [5.74, 6) is -0.339. The van der Waals surface area contributed by atoms with Gasteiger partial charge in [0.25, 0.3) is 0 Å². The van der Waals surface area contributed by atoms with Gasteiger partial charge in [-0.25, -0.2) is 4.39 Å². The maximum atomic E-state index is 13.0. The second-order valence-electron chi connectivity index (χ2n) is 6.32. The van der Waals surface area contributed by atoms with E-state index < -0.39 is 11.7 Å². The average Bonchev–Trinajstić information content (AvgIpc) is 2.89. The van der Waals surface area contributed by atoms with Gasteiger partial charge in [-0.15, -0.1) is 0 Å². The molecule has 2 nitrogen and oxygen atoms in total. The first-order valence-electron chi connectivity index (χ1n) is 8.63. The number of anilines is 1. The summed E-state index contributed by atoms with van der Waals surface area (Å²) in [4.78, 5) is 4.55. The van der Waals surface area contributed by atoms with Crippen molar-refractivity contribution < 1.29 is 17.6 Å². The normalized spacial score (nSPS) is 14.1. The molecule has 0 bridgehead atoms. The maximum Gasteiger partial charge on any atom is 0.416 e. The molecule has 0 unspecified atom stereocenters. The Morgan fingerprint density at radius 2 is 1.86 bits per heavy atom. The molecule has 2 aromatic carbocycles. The Labute approximate surface area is 160 Å². The minimum absolute atomic E-state index is 0.277. The van der Waals surface area contributed by atoms with Gasteiger partial charge in [-0.05, 0) is 48.4 Å². The highest BCUT2D eigenvalue weighted by atomic mass is 19.4. The van der Waals surface area contributed by atoms with E-state index in [1.807, 2.05) is 12.2 Å². The SMILES string of the molecule is C=C(Nc1ccc(F)cc1)C1=NC(Cc2cccc(C(F)(F)F)c2)=CCC=C1. The second-order valence-corrected chi connectivity index (χ2v) is 6.32. The molecular formula is C22H18F4N2. The van der Waals surface area contributed by atoms with Crippen molar-refractivity contribution in [2.24, 2.45) is 4.99 Å². The molecule has 1 aliphatic rings. The topological polar surface area (TPSA) is 24.4 Å². The number of rotatable bonds is 5. The van der Waals surface area contributed by atoms with E-state index in [9.17, 15) is 17.6 Å². The Morgan fingerprint density at radius 1 is 1.11 bits per heavy atom. The summed E-state index contributed by atoms with van der Waals surface area (Å²) >= 11 is 0. The van der Waals surface area contributed by atoms with Crippen LogP contribution in [0.5, 0.6) is 0 Å². The molecule has 0 saturated heterocycles. The van der Waals surface area contributed by atoms with Gasteiger partial charge in [0.05, 0.1) is 17.0 Å². The zero-order chi connectivity index (χ0) is 20.1. The van der Waals surface area contributed by atoms with E-state index in [0.717, 1.165) is 12.1 Å². The maximum absolute atomic E-state index is 13.0. The van der Waals surface area contributed by atoms with Gasteiger partial charge in [0.2, 0.25) is 0 Å².